The topological polar surface area (TPSA) is 35.8 Å². The van der Waals surface area contributed by atoms with Crippen LogP contribution >= 0.6 is 11.3 Å². The van der Waals surface area contributed by atoms with Crippen LogP contribution in [0.15, 0.2) is 24.3 Å². The third kappa shape index (κ3) is 3.62. The normalized spacial score (nSPS) is 11.2. The van der Waals surface area contributed by atoms with E-state index in [0.29, 0.717) is 23.4 Å². The number of nitrogens with zero attached hydrogens (tertiary/aromatic N) is 1. The van der Waals surface area contributed by atoms with Crippen molar-refractivity contribution in [2.45, 2.75) is 39.7 Å². The Morgan fingerprint density at radius 1 is 1.29 bits per heavy atom. The number of anilines is 1. The highest BCUT2D eigenvalue weighted by Gasteiger charge is 2.16. The van der Waals surface area contributed by atoms with Gasteiger partial charge in [0.05, 0.1) is 11.6 Å². The van der Waals surface area contributed by atoms with Crippen LogP contribution in [0, 0.1) is 24.1 Å². The van der Waals surface area contributed by atoms with Crippen LogP contribution in [0.25, 0.3) is 0 Å². The minimum atomic E-state index is -0.349. The lowest BCUT2D eigenvalue weighted by atomic mass is 9.95. The number of halogens is 1. The Labute approximate surface area is 129 Å². The van der Waals surface area contributed by atoms with Gasteiger partial charge in [0.25, 0.3) is 0 Å². The number of nitrogens with one attached hydrogen (secondary N) is 1. The molecule has 0 atom stereocenters. The molecule has 2 rings (SSSR count). The number of nitriles is 1. The maximum absolute atomic E-state index is 13.7. The summed E-state index contributed by atoms with van der Waals surface area (Å²) in [6, 6.07) is 9.17. The van der Waals surface area contributed by atoms with Crippen molar-refractivity contribution in [3.63, 3.8) is 0 Å². The Morgan fingerprint density at radius 3 is 2.57 bits per heavy atom. The van der Waals surface area contributed by atoms with Gasteiger partial charge in [0.1, 0.15) is 5.82 Å². The Balaban J connectivity index is 2.15. The molecular weight excluding hydrogens is 283 g/mol. The van der Waals surface area contributed by atoms with Gasteiger partial charge < -0.3 is 5.32 Å². The van der Waals surface area contributed by atoms with E-state index in [4.69, 9.17) is 5.26 Å². The molecule has 2 aromatic rings. The molecule has 0 aliphatic rings. The highest BCUT2D eigenvalue weighted by atomic mass is 32.1. The second-order valence-electron chi connectivity index (χ2n) is 6.11. The van der Waals surface area contributed by atoms with Crippen LogP contribution in [0.3, 0.4) is 0 Å². The molecule has 0 bridgehead atoms. The van der Waals surface area contributed by atoms with Gasteiger partial charge in [-0.05, 0) is 36.6 Å². The third-order valence-electron chi connectivity index (χ3n) is 3.33. The van der Waals surface area contributed by atoms with Gasteiger partial charge in [-0.2, -0.15) is 5.26 Å². The molecular formula is C17H19FN2S. The van der Waals surface area contributed by atoms with Crippen LogP contribution in [0.1, 0.15) is 41.7 Å². The number of thiophene rings is 1. The predicted octanol–water partition coefficient (Wildman–Crippen LogP) is 4.98. The van der Waals surface area contributed by atoms with Crippen molar-refractivity contribution in [1.29, 1.82) is 5.26 Å². The summed E-state index contributed by atoms with van der Waals surface area (Å²) in [4.78, 5) is 2.52. The Hall–Kier alpha value is -1.86. The quantitative estimate of drug-likeness (QED) is 0.868. The lowest BCUT2D eigenvalue weighted by Crippen LogP contribution is -2.07. The zero-order valence-electron chi connectivity index (χ0n) is 12.7. The minimum Gasteiger partial charge on any atom is -0.380 e. The van der Waals surface area contributed by atoms with E-state index in [1.807, 2.05) is 6.07 Å². The van der Waals surface area contributed by atoms with Crippen LogP contribution in [-0.4, -0.2) is 0 Å². The molecule has 0 aliphatic carbocycles. The summed E-state index contributed by atoms with van der Waals surface area (Å²) >= 11 is 1.76. The molecule has 21 heavy (non-hydrogen) atoms. The molecule has 0 saturated heterocycles. The van der Waals surface area contributed by atoms with Gasteiger partial charge in [0, 0.05) is 27.5 Å². The summed E-state index contributed by atoms with van der Waals surface area (Å²) in [6.07, 6.45) is 0. The van der Waals surface area contributed by atoms with Crippen molar-refractivity contribution in [1.82, 2.24) is 0 Å². The largest absolute Gasteiger partial charge is 0.380 e. The first-order chi connectivity index (χ1) is 9.81. The van der Waals surface area contributed by atoms with Crippen molar-refractivity contribution in [2.24, 2.45) is 0 Å². The van der Waals surface area contributed by atoms with Gasteiger partial charge in [0.15, 0.2) is 0 Å². The molecule has 0 radical (unpaired) electrons. The molecule has 1 heterocycles. The molecule has 0 aliphatic heterocycles. The van der Waals surface area contributed by atoms with Crippen molar-refractivity contribution >= 4 is 17.0 Å². The second kappa shape index (κ2) is 5.87. The number of benzene rings is 1. The lowest BCUT2D eigenvalue weighted by molar-refractivity contribution is 0.604. The van der Waals surface area contributed by atoms with E-state index in [1.54, 1.807) is 24.3 Å². The van der Waals surface area contributed by atoms with E-state index >= 15 is 0 Å². The van der Waals surface area contributed by atoms with E-state index in [2.05, 4.69) is 38.2 Å². The number of rotatable bonds is 3. The number of hydrogen-bond acceptors (Lipinski definition) is 3. The summed E-state index contributed by atoms with van der Waals surface area (Å²) < 4.78 is 13.7. The summed E-state index contributed by atoms with van der Waals surface area (Å²) in [5.41, 5.74) is 1.70. The molecule has 0 fully saturated rings. The average molecular weight is 302 g/mol. The molecule has 0 unspecified atom stereocenters. The summed E-state index contributed by atoms with van der Waals surface area (Å²) in [5, 5.41) is 12.1. The molecule has 110 valence electrons. The van der Waals surface area contributed by atoms with E-state index in [0.717, 1.165) is 0 Å². The Bertz CT molecular complexity index is 690. The van der Waals surface area contributed by atoms with Crippen LogP contribution < -0.4 is 5.32 Å². The first-order valence-electron chi connectivity index (χ1n) is 6.84. The highest BCUT2D eigenvalue weighted by Crippen LogP contribution is 2.30. The highest BCUT2D eigenvalue weighted by molar-refractivity contribution is 7.12. The molecule has 1 aromatic carbocycles. The lowest BCUT2D eigenvalue weighted by Gasteiger charge is -2.15. The second-order valence-corrected chi connectivity index (χ2v) is 7.28. The zero-order valence-corrected chi connectivity index (χ0v) is 13.6. The summed E-state index contributed by atoms with van der Waals surface area (Å²) in [5.74, 6) is -0.349. The van der Waals surface area contributed by atoms with Gasteiger partial charge >= 0.3 is 0 Å². The van der Waals surface area contributed by atoms with Gasteiger partial charge in [0.2, 0.25) is 0 Å². The molecule has 0 saturated carbocycles. The summed E-state index contributed by atoms with van der Waals surface area (Å²) in [7, 11) is 0. The maximum atomic E-state index is 13.7. The van der Waals surface area contributed by atoms with E-state index in [-0.39, 0.29) is 11.2 Å². The smallest absolute Gasteiger partial charge is 0.129 e. The third-order valence-corrected chi connectivity index (χ3v) is 4.84. The molecule has 1 aromatic heterocycles. The van der Waals surface area contributed by atoms with Crippen LogP contribution in [0.4, 0.5) is 10.1 Å². The molecule has 0 spiro atoms. The van der Waals surface area contributed by atoms with Gasteiger partial charge in [-0.1, -0.05) is 20.8 Å². The van der Waals surface area contributed by atoms with Crippen molar-refractivity contribution in [3.8, 4) is 6.07 Å². The van der Waals surface area contributed by atoms with Crippen molar-refractivity contribution in [2.75, 3.05) is 5.32 Å². The van der Waals surface area contributed by atoms with Crippen LogP contribution in [-0.2, 0) is 12.0 Å². The SMILES string of the molecule is Cc1c(F)cc(C#N)cc1NCc1ccc(C(C)(C)C)s1. The fraction of sp³-hybridized carbons (Fsp3) is 0.353. The van der Waals surface area contributed by atoms with Gasteiger partial charge in [-0.15, -0.1) is 11.3 Å². The van der Waals surface area contributed by atoms with Crippen molar-refractivity contribution in [3.05, 3.63) is 51.0 Å². The minimum absolute atomic E-state index is 0.145. The van der Waals surface area contributed by atoms with E-state index < -0.39 is 0 Å². The molecule has 1 N–H and O–H groups in total. The monoisotopic (exact) mass is 302 g/mol. The van der Waals surface area contributed by atoms with Crippen LogP contribution in [0.2, 0.25) is 0 Å². The standard InChI is InChI=1S/C17H19FN2S/c1-11-14(18)7-12(9-19)8-15(11)20-10-13-5-6-16(21-13)17(2,3)4/h5-8,20H,10H2,1-4H3. The van der Waals surface area contributed by atoms with E-state index in [9.17, 15) is 4.39 Å². The molecule has 4 heteroatoms. The predicted molar refractivity (Wildman–Crippen MR) is 86.2 cm³/mol. The average Bonchev–Trinajstić information content (AvgIpc) is 2.89. The van der Waals surface area contributed by atoms with Crippen LogP contribution in [0.5, 0.6) is 0 Å². The Morgan fingerprint density at radius 2 is 2.00 bits per heavy atom. The zero-order chi connectivity index (χ0) is 15.6. The van der Waals surface area contributed by atoms with Crippen molar-refractivity contribution < 1.29 is 4.39 Å². The number of hydrogen-bond donors (Lipinski definition) is 1. The Kier molecular flexibility index (Phi) is 4.34. The van der Waals surface area contributed by atoms with Gasteiger partial charge in [-0.3, -0.25) is 0 Å². The molecule has 2 nitrogen and oxygen atoms in total. The molecule has 0 amide bonds. The van der Waals surface area contributed by atoms with Gasteiger partial charge in [-0.25, -0.2) is 4.39 Å². The fourth-order valence-electron chi connectivity index (χ4n) is 1.99. The summed E-state index contributed by atoms with van der Waals surface area (Å²) in [6.45, 7) is 8.91. The first-order valence-corrected chi connectivity index (χ1v) is 7.66. The first kappa shape index (κ1) is 15.5. The fourth-order valence-corrected chi connectivity index (χ4v) is 2.99. The van der Waals surface area contributed by atoms with E-state index in [1.165, 1.54) is 15.8 Å². The maximum Gasteiger partial charge on any atom is 0.129 e.